The van der Waals surface area contributed by atoms with Gasteiger partial charge in [-0.3, -0.25) is 0 Å². The standard InChI is InChI=1S/2C22H19O.C3H4Cl2Si.Zr/c2*1-14-11-18-12-19(21-10-9-15(2)23-21)13-20(18)22(16(14)3)17-7-5-4-6-8-17;4-3(5)1-6-2-3;/h2*4-13H,1-3H3;1-2H2;. The Morgan fingerprint density at radius 2 is 1.00 bits per heavy atom. The van der Waals surface area contributed by atoms with Gasteiger partial charge >= 0.3 is 333 Å². The van der Waals surface area contributed by atoms with Gasteiger partial charge in [0.25, 0.3) is 0 Å². The van der Waals surface area contributed by atoms with Gasteiger partial charge in [0.05, 0.1) is 0 Å². The molecule has 0 saturated carbocycles. The van der Waals surface area contributed by atoms with E-state index in [1.54, 1.807) is 0 Å². The zero-order valence-electron chi connectivity index (χ0n) is 31.0. The van der Waals surface area contributed by atoms with Gasteiger partial charge in [-0.1, -0.05) is 0 Å². The zero-order chi connectivity index (χ0) is 36.8. The molecule has 264 valence electrons. The van der Waals surface area contributed by atoms with E-state index >= 15 is 0 Å². The van der Waals surface area contributed by atoms with Crippen LogP contribution in [-0.2, 0) is 20.4 Å². The van der Waals surface area contributed by atoms with Gasteiger partial charge in [0.2, 0.25) is 0 Å². The Balaban J connectivity index is 1.37. The van der Waals surface area contributed by atoms with Crippen molar-refractivity contribution < 1.29 is 29.2 Å². The summed E-state index contributed by atoms with van der Waals surface area (Å²) >= 11 is 11.2. The van der Waals surface area contributed by atoms with Crippen molar-refractivity contribution in [3.8, 4) is 22.3 Å². The van der Waals surface area contributed by atoms with Crippen LogP contribution in [0.4, 0.5) is 0 Å². The molecule has 0 radical (unpaired) electrons. The van der Waals surface area contributed by atoms with Gasteiger partial charge in [0.15, 0.2) is 0 Å². The van der Waals surface area contributed by atoms with Crippen molar-refractivity contribution >= 4 is 51.9 Å². The zero-order valence-corrected chi connectivity index (χ0v) is 36.0. The first-order valence-corrected chi connectivity index (χ1v) is 27.7. The topological polar surface area (TPSA) is 26.3 Å². The number of alkyl halides is 2. The third kappa shape index (κ3) is 6.00. The van der Waals surface area contributed by atoms with Crippen molar-refractivity contribution in [1.82, 2.24) is 0 Å². The molecule has 1 fully saturated rings. The van der Waals surface area contributed by atoms with Crippen LogP contribution in [-0.4, -0.2) is 9.77 Å². The second-order valence-corrected chi connectivity index (χ2v) is 32.5. The van der Waals surface area contributed by atoms with Crippen LogP contribution in [0.5, 0.6) is 0 Å². The fraction of sp³-hybridized carbons (Fsp3) is 0.234. The van der Waals surface area contributed by atoms with Gasteiger partial charge in [-0.25, -0.2) is 0 Å². The van der Waals surface area contributed by atoms with E-state index in [2.05, 4.69) is 151 Å². The summed E-state index contributed by atoms with van der Waals surface area (Å²) < 4.78 is 13.1. The Labute approximate surface area is 330 Å². The molecule has 1 aliphatic heterocycles. The number of hydrogen-bond acceptors (Lipinski definition) is 2. The fourth-order valence-corrected chi connectivity index (χ4v) is 40.3. The molecule has 3 aliphatic rings. The molecule has 2 aromatic heterocycles. The molecular formula is C47H42Cl2O2SiZr. The predicted octanol–water partition coefficient (Wildman–Crippen LogP) is 13.7. The van der Waals surface area contributed by atoms with Crippen LogP contribution >= 0.6 is 23.2 Å². The van der Waals surface area contributed by atoms with E-state index in [-0.39, 0.29) is 7.25 Å². The summed E-state index contributed by atoms with van der Waals surface area (Å²) in [7, 11) is 0. The quantitative estimate of drug-likeness (QED) is 0.123. The molecule has 1 saturated heterocycles. The van der Waals surface area contributed by atoms with E-state index in [1.165, 1.54) is 77.9 Å². The molecule has 6 aromatic rings. The number of fused-ring (bicyclic) bond motifs is 2. The predicted molar refractivity (Wildman–Crippen MR) is 221 cm³/mol. The van der Waals surface area contributed by atoms with E-state index in [0.29, 0.717) is 0 Å². The van der Waals surface area contributed by atoms with Crippen molar-refractivity contribution in [3.63, 3.8) is 0 Å². The summed E-state index contributed by atoms with van der Waals surface area (Å²) in [5.41, 5.74) is 17.9. The second kappa shape index (κ2) is 13.4. The summed E-state index contributed by atoms with van der Waals surface area (Å²) in [5.74, 6) is 3.85. The van der Waals surface area contributed by atoms with Crippen LogP contribution in [0.1, 0.15) is 74.8 Å². The van der Waals surface area contributed by atoms with Gasteiger partial charge in [0, 0.05) is 0 Å². The third-order valence-electron chi connectivity index (χ3n) is 11.8. The maximum absolute atomic E-state index is 7.03. The molecule has 0 spiro atoms. The molecule has 53 heavy (non-hydrogen) atoms. The number of halogens is 2. The molecular weight excluding hydrogens is 787 g/mol. The van der Waals surface area contributed by atoms with Crippen molar-refractivity contribution in [1.29, 1.82) is 0 Å². The van der Waals surface area contributed by atoms with Crippen LogP contribution in [0.3, 0.4) is 0 Å². The molecule has 4 aromatic carbocycles. The van der Waals surface area contributed by atoms with Gasteiger partial charge < -0.3 is 0 Å². The Kier molecular flexibility index (Phi) is 8.94. The van der Waals surface area contributed by atoms with E-state index in [1.807, 2.05) is 0 Å². The van der Waals surface area contributed by atoms with E-state index in [4.69, 9.17) is 32.0 Å². The van der Waals surface area contributed by atoms with Crippen molar-refractivity contribution in [2.45, 2.75) is 65.2 Å². The molecule has 3 heterocycles. The first kappa shape index (κ1) is 35.3. The van der Waals surface area contributed by atoms with Crippen molar-refractivity contribution in [3.05, 3.63) is 165 Å². The monoisotopic (exact) mass is 826 g/mol. The van der Waals surface area contributed by atoms with Crippen LogP contribution in [0.15, 0.2) is 106 Å². The van der Waals surface area contributed by atoms with Gasteiger partial charge in [-0.2, -0.15) is 0 Å². The first-order valence-electron chi connectivity index (χ1n) is 18.5. The Morgan fingerprint density at radius 3 is 1.36 bits per heavy atom. The normalized spacial score (nSPS) is 18.4. The first-order chi connectivity index (χ1) is 25.5. The van der Waals surface area contributed by atoms with E-state index in [9.17, 15) is 0 Å². The third-order valence-corrected chi connectivity index (χ3v) is 34.3. The molecule has 0 amide bonds. The SMILES string of the molecule is Cc1ccc(C2=Cc3c(cc(C)c(C)c3-c3ccccc3)[CH]2[Zr]([CH]2C(c3ccc(C)o3)=Cc3c2cc(C)c(C)c3-c2ccccc2)=[Si]2CC(Cl)(Cl)C2)o1. The number of benzene rings is 4. The van der Waals surface area contributed by atoms with Crippen LogP contribution in [0.2, 0.25) is 12.1 Å². The maximum atomic E-state index is 7.03. The number of aryl methyl sites for hydroxylation is 4. The molecule has 2 atom stereocenters. The minimum absolute atomic E-state index is 0.259. The number of rotatable bonds is 6. The fourth-order valence-electron chi connectivity index (χ4n) is 9.11. The average Bonchev–Trinajstić information content (AvgIpc) is 3.92. The van der Waals surface area contributed by atoms with E-state index in [0.717, 1.165) is 35.1 Å². The number of hydrogen-bond donors (Lipinski definition) is 0. The summed E-state index contributed by atoms with van der Waals surface area (Å²) in [6.45, 7) is 13.3. The average molecular weight is 829 g/mol. The minimum atomic E-state index is -2.87. The van der Waals surface area contributed by atoms with Gasteiger partial charge in [-0.05, 0) is 0 Å². The second-order valence-electron chi connectivity index (χ2n) is 15.3. The van der Waals surface area contributed by atoms with Gasteiger partial charge in [-0.15, -0.1) is 0 Å². The summed E-state index contributed by atoms with van der Waals surface area (Å²) in [6, 6.07) is 37.4. The number of allylic oxidation sites excluding steroid dienone is 2. The van der Waals surface area contributed by atoms with Gasteiger partial charge in [0.1, 0.15) is 0 Å². The van der Waals surface area contributed by atoms with Crippen LogP contribution in [0, 0.1) is 41.5 Å². The molecule has 6 heteroatoms. The molecule has 0 N–H and O–H groups in total. The van der Waals surface area contributed by atoms with Crippen LogP contribution in [0.25, 0.3) is 45.6 Å². The van der Waals surface area contributed by atoms with Crippen molar-refractivity contribution in [2.24, 2.45) is 0 Å². The molecule has 2 nitrogen and oxygen atoms in total. The molecule has 9 rings (SSSR count). The molecule has 2 aliphatic carbocycles. The molecule has 0 bridgehead atoms. The number of furan rings is 2. The summed E-state index contributed by atoms with van der Waals surface area (Å²) in [6.07, 6.45) is 4.99. The Hall–Kier alpha value is -3.40. The Bertz CT molecular complexity index is 2380. The summed E-state index contributed by atoms with van der Waals surface area (Å²) in [4.78, 5) is 0. The van der Waals surface area contributed by atoms with E-state index < -0.39 is 30.1 Å². The van der Waals surface area contributed by atoms with Crippen molar-refractivity contribution in [2.75, 3.05) is 0 Å². The Morgan fingerprint density at radius 1 is 0.585 bits per heavy atom. The van der Waals surface area contributed by atoms with Crippen LogP contribution < -0.4 is 0 Å². The molecule has 2 unspecified atom stereocenters. The summed E-state index contributed by atoms with van der Waals surface area (Å²) in [5, 5.41) is 0.